The molecule has 0 radical (unpaired) electrons. The van der Waals surface area contributed by atoms with Crippen LogP contribution in [0.3, 0.4) is 0 Å². The van der Waals surface area contributed by atoms with E-state index in [1.54, 1.807) is 0 Å². The van der Waals surface area contributed by atoms with Gasteiger partial charge in [0.05, 0.1) is 0 Å². The van der Waals surface area contributed by atoms with Crippen LogP contribution in [0.4, 0.5) is 5.13 Å². The highest BCUT2D eigenvalue weighted by Gasteiger charge is 2.22. The van der Waals surface area contributed by atoms with Crippen molar-refractivity contribution >= 4 is 22.4 Å². The van der Waals surface area contributed by atoms with Crippen molar-refractivity contribution in [2.24, 2.45) is 5.41 Å². The van der Waals surface area contributed by atoms with Gasteiger partial charge in [0.1, 0.15) is 5.01 Å². The minimum Gasteiger partial charge on any atom is -0.300 e. The van der Waals surface area contributed by atoms with Crippen LogP contribution in [0, 0.1) is 5.41 Å². The van der Waals surface area contributed by atoms with Gasteiger partial charge in [0.2, 0.25) is 11.0 Å². The molecule has 1 amide bonds. The van der Waals surface area contributed by atoms with E-state index >= 15 is 0 Å². The third-order valence-electron chi connectivity index (χ3n) is 3.22. The van der Waals surface area contributed by atoms with Crippen molar-refractivity contribution in [1.29, 1.82) is 0 Å². The summed E-state index contributed by atoms with van der Waals surface area (Å²) in [5.41, 5.74) is 0.858. The summed E-state index contributed by atoms with van der Waals surface area (Å²) in [5, 5.41) is 12.6. The maximum Gasteiger partial charge on any atom is 0.231 e. The molecular formula is C16H21N3OS. The number of nitrogens with zero attached hydrogens (tertiary/aromatic N) is 2. The fraction of sp³-hybridized carbons (Fsp3) is 0.438. The second-order valence-electron chi connectivity index (χ2n) is 6.22. The summed E-state index contributed by atoms with van der Waals surface area (Å²) in [6.07, 6.45) is 0.826. The van der Waals surface area contributed by atoms with Crippen LogP contribution in [0.25, 0.3) is 0 Å². The molecule has 0 bridgehead atoms. The summed E-state index contributed by atoms with van der Waals surface area (Å²) in [7, 11) is 0. The SMILES string of the molecule is CC(Cc1nnc(NC(=O)C(C)(C)C)s1)c1ccccc1. The van der Waals surface area contributed by atoms with E-state index in [4.69, 9.17) is 0 Å². The van der Waals surface area contributed by atoms with Crippen molar-refractivity contribution < 1.29 is 4.79 Å². The van der Waals surface area contributed by atoms with Crippen LogP contribution in [-0.4, -0.2) is 16.1 Å². The lowest BCUT2D eigenvalue weighted by Gasteiger charge is -2.15. The normalized spacial score (nSPS) is 13.0. The molecule has 1 atom stereocenters. The van der Waals surface area contributed by atoms with Crippen LogP contribution < -0.4 is 5.32 Å². The lowest BCUT2D eigenvalue weighted by atomic mass is 9.96. The number of rotatable bonds is 4. The van der Waals surface area contributed by atoms with E-state index in [0.29, 0.717) is 11.0 Å². The summed E-state index contributed by atoms with van der Waals surface area (Å²) in [5.74, 6) is 0.339. The van der Waals surface area contributed by atoms with Gasteiger partial charge in [-0.15, -0.1) is 10.2 Å². The second kappa shape index (κ2) is 6.35. The highest BCUT2D eigenvalue weighted by molar-refractivity contribution is 7.15. The van der Waals surface area contributed by atoms with Gasteiger partial charge in [-0.2, -0.15) is 0 Å². The summed E-state index contributed by atoms with van der Waals surface area (Å²) >= 11 is 1.45. The molecule has 21 heavy (non-hydrogen) atoms. The lowest BCUT2D eigenvalue weighted by molar-refractivity contribution is -0.123. The van der Waals surface area contributed by atoms with Crippen LogP contribution in [-0.2, 0) is 11.2 Å². The van der Waals surface area contributed by atoms with Crippen molar-refractivity contribution in [3.8, 4) is 0 Å². The molecular weight excluding hydrogens is 282 g/mol. The lowest BCUT2D eigenvalue weighted by Crippen LogP contribution is -2.27. The Bertz CT molecular complexity index is 601. The predicted octanol–water partition coefficient (Wildman–Crippen LogP) is 3.87. The maximum absolute atomic E-state index is 11.9. The van der Waals surface area contributed by atoms with Crippen molar-refractivity contribution in [2.75, 3.05) is 5.32 Å². The zero-order valence-electron chi connectivity index (χ0n) is 12.9. The summed E-state index contributed by atoms with van der Waals surface area (Å²) in [6.45, 7) is 7.80. The molecule has 0 aliphatic rings. The monoisotopic (exact) mass is 303 g/mol. The highest BCUT2D eigenvalue weighted by Crippen LogP contribution is 2.25. The molecule has 0 spiro atoms. The molecule has 0 saturated carbocycles. The predicted molar refractivity (Wildman–Crippen MR) is 86.6 cm³/mol. The number of anilines is 1. The van der Waals surface area contributed by atoms with Gasteiger partial charge in [-0.1, -0.05) is 69.4 Å². The van der Waals surface area contributed by atoms with Crippen molar-refractivity contribution in [1.82, 2.24) is 10.2 Å². The standard InChI is InChI=1S/C16H21N3OS/c1-11(12-8-6-5-7-9-12)10-13-18-19-15(21-13)17-14(20)16(2,3)4/h5-9,11H,10H2,1-4H3,(H,17,19,20). The molecule has 112 valence electrons. The van der Waals surface area contributed by atoms with Gasteiger partial charge in [-0.05, 0) is 11.5 Å². The molecule has 0 saturated heterocycles. The molecule has 1 unspecified atom stereocenters. The number of carbonyl (C=O) groups excluding carboxylic acids is 1. The van der Waals surface area contributed by atoms with Crippen molar-refractivity contribution in [2.45, 2.75) is 40.0 Å². The quantitative estimate of drug-likeness (QED) is 0.933. The first kappa shape index (κ1) is 15.6. The van der Waals surface area contributed by atoms with Crippen LogP contribution in [0.2, 0.25) is 0 Å². The smallest absolute Gasteiger partial charge is 0.231 e. The molecule has 4 nitrogen and oxygen atoms in total. The molecule has 1 aromatic carbocycles. The first-order valence-corrected chi connectivity index (χ1v) is 7.86. The molecule has 0 fully saturated rings. The number of hydrogen-bond acceptors (Lipinski definition) is 4. The van der Waals surface area contributed by atoms with E-state index in [9.17, 15) is 4.79 Å². The number of hydrogen-bond donors (Lipinski definition) is 1. The van der Waals surface area contributed by atoms with Crippen LogP contribution in [0.5, 0.6) is 0 Å². The van der Waals surface area contributed by atoms with E-state index in [0.717, 1.165) is 11.4 Å². The number of aromatic nitrogens is 2. The molecule has 1 N–H and O–H groups in total. The fourth-order valence-electron chi connectivity index (χ4n) is 1.83. The zero-order chi connectivity index (χ0) is 15.5. The molecule has 1 heterocycles. The average molecular weight is 303 g/mol. The second-order valence-corrected chi connectivity index (χ2v) is 7.28. The third kappa shape index (κ3) is 4.36. The maximum atomic E-state index is 11.9. The Morgan fingerprint density at radius 3 is 2.52 bits per heavy atom. The van der Waals surface area contributed by atoms with Gasteiger partial charge in [-0.25, -0.2) is 0 Å². The Balaban J connectivity index is 1.99. The third-order valence-corrected chi connectivity index (χ3v) is 4.08. The topological polar surface area (TPSA) is 54.9 Å². The molecule has 0 aliphatic carbocycles. The minimum absolute atomic E-state index is 0.0405. The number of amides is 1. The van der Waals surface area contributed by atoms with Gasteiger partial charge in [0.25, 0.3) is 0 Å². The van der Waals surface area contributed by atoms with Gasteiger partial charge in [0, 0.05) is 11.8 Å². The van der Waals surface area contributed by atoms with E-state index in [1.165, 1.54) is 16.9 Å². The zero-order valence-corrected chi connectivity index (χ0v) is 13.7. The van der Waals surface area contributed by atoms with Crippen molar-refractivity contribution in [3.63, 3.8) is 0 Å². The Hall–Kier alpha value is -1.75. The fourth-order valence-corrected chi connectivity index (χ4v) is 2.70. The largest absolute Gasteiger partial charge is 0.300 e. The van der Waals surface area contributed by atoms with E-state index in [2.05, 4.69) is 34.6 Å². The van der Waals surface area contributed by atoms with Crippen LogP contribution in [0.1, 0.15) is 44.2 Å². The van der Waals surface area contributed by atoms with Crippen LogP contribution >= 0.6 is 11.3 Å². The Kier molecular flexibility index (Phi) is 4.73. The first-order valence-electron chi connectivity index (χ1n) is 7.05. The summed E-state index contributed by atoms with van der Waals surface area (Å²) in [4.78, 5) is 11.9. The molecule has 0 aliphatic heterocycles. The van der Waals surface area contributed by atoms with Gasteiger partial charge in [-0.3, -0.25) is 4.79 Å². The van der Waals surface area contributed by atoms with E-state index in [-0.39, 0.29) is 5.91 Å². The first-order chi connectivity index (χ1) is 9.86. The number of benzene rings is 1. The molecule has 5 heteroatoms. The minimum atomic E-state index is -0.427. The Morgan fingerprint density at radius 1 is 1.24 bits per heavy atom. The number of carbonyl (C=O) groups is 1. The highest BCUT2D eigenvalue weighted by atomic mass is 32.1. The van der Waals surface area contributed by atoms with Gasteiger partial charge >= 0.3 is 0 Å². The molecule has 1 aromatic heterocycles. The van der Waals surface area contributed by atoms with Gasteiger partial charge < -0.3 is 5.32 Å². The molecule has 2 aromatic rings. The Morgan fingerprint density at radius 2 is 1.90 bits per heavy atom. The summed E-state index contributed by atoms with van der Waals surface area (Å²) in [6, 6.07) is 10.3. The van der Waals surface area contributed by atoms with Crippen LogP contribution in [0.15, 0.2) is 30.3 Å². The van der Waals surface area contributed by atoms with Gasteiger partial charge in [0.15, 0.2) is 0 Å². The number of nitrogens with one attached hydrogen (secondary N) is 1. The summed E-state index contributed by atoms with van der Waals surface area (Å²) < 4.78 is 0. The Labute approximate surface area is 129 Å². The van der Waals surface area contributed by atoms with E-state index < -0.39 is 5.41 Å². The average Bonchev–Trinajstić information content (AvgIpc) is 2.86. The van der Waals surface area contributed by atoms with Crippen molar-refractivity contribution in [3.05, 3.63) is 40.9 Å². The van der Waals surface area contributed by atoms with E-state index in [1.807, 2.05) is 39.0 Å². The molecule has 2 rings (SSSR count).